The summed E-state index contributed by atoms with van der Waals surface area (Å²) in [5.74, 6) is 0.349. The molecule has 112 valence electrons. The van der Waals surface area contributed by atoms with Gasteiger partial charge in [0.2, 0.25) is 5.91 Å². The van der Waals surface area contributed by atoms with Crippen LogP contribution < -0.4 is 5.32 Å². The van der Waals surface area contributed by atoms with E-state index in [-0.39, 0.29) is 11.2 Å². The van der Waals surface area contributed by atoms with Crippen molar-refractivity contribution in [1.29, 1.82) is 0 Å². The summed E-state index contributed by atoms with van der Waals surface area (Å²) in [4.78, 5) is 20.6. The number of hydrogen-bond donors (Lipinski definition) is 1. The average molecular weight is 333 g/mol. The van der Waals surface area contributed by atoms with Crippen molar-refractivity contribution in [1.82, 2.24) is 14.4 Å². The van der Waals surface area contributed by atoms with Gasteiger partial charge in [0.15, 0.2) is 5.16 Å². The maximum atomic E-state index is 12.2. The first-order chi connectivity index (χ1) is 10.6. The molecule has 0 fully saturated rings. The zero-order valence-electron chi connectivity index (χ0n) is 11.7. The molecule has 1 unspecified atom stereocenters. The number of pyridine rings is 2. The van der Waals surface area contributed by atoms with Gasteiger partial charge in [0.1, 0.15) is 5.82 Å². The number of anilines is 1. The van der Waals surface area contributed by atoms with Crippen molar-refractivity contribution in [3.8, 4) is 0 Å². The fourth-order valence-electron chi connectivity index (χ4n) is 1.90. The van der Waals surface area contributed by atoms with Crippen LogP contribution in [0, 0.1) is 0 Å². The molecule has 0 bridgehead atoms. The molecule has 5 nitrogen and oxygen atoms in total. The summed E-state index contributed by atoms with van der Waals surface area (Å²) in [6, 6.07) is 9.21. The van der Waals surface area contributed by atoms with Crippen molar-refractivity contribution in [2.24, 2.45) is 0 Å². The van der Waals surface area contributed by atoms with E-state index in [0.717, 1.165) is 10.7 Å². The van der Waals surface area contributed by atoms with Gasteiger partial charge in [-0.05, 0) is 31.2 Å². The maximum absolute atomic E-state index is 12.2. The van der Waals surface area contributed by atoms with Crippen LogP contribution in [0.1, 0.15) is 6.92 Å². The molecule has 0 aliphatic rings. The molecular formula is C15H13ClN4OS. The molecule has 1 atom stereocenters. The Morgan fingerprint density at radius 1 is 1.27 bits per heavy atom. The van der Waals surface area contributed by atoms with Gasteiger partial charge in [-0.2, -0.15) is 0 Å². The summed E-state index contributed by atoms with van der Waals surface area (Å²) >= 11 is 7.17. The number of carbonyl (C=O) groups excluding carboxylic acids is 1. The van der Waals surface area contributed by atoms with Crippen molar-refractivity contribution in [3.63, 3.8) is 0 Å². The molecule has 22 heavy (non-hydrogen) atoms. The first kappa shape index (κ1) is 14.9. The van der Waals surface area contributed by atoms with Crippen molar-refractivity contribution in [3.05, 3.63) is 53.9 Å². The first-order valence-corrected chi connectivity index (χ1v) is 7.90. The number of amides is 1. The predicted octanol–water partition coefficient (Wildman–Crippen LogP) is 3.50. The number of imidazole rings is 1. The minimum absolute atomic E-state index is 0.132. The molecule has 7 heteroatoms. The van der Waals surface area contributed by atoms with Crippen LogP contribution in [0.15, 0.2) is 54.1 Å². The normalized spacial score (nSPS) is 12.3. The molecule has 0 spiro atoms. The Morgan fingerprint density at radius 3 is 2.91 bits per heavy atom. The summed E-state index contributed by atoms with van der Waals surface area (Å²) in [7, 11) is 0. The van der Waals surface area contributed by atoms with Gasteiger partial charge in [-0.3, -0.25) is 9.20 Å². The minimum atomic E-state index is -0.303. The van der Waals surface area contributed by atoms with Crippen LogP contribution in [-0.2, 0) is 4.79 Å². The molecular weight excluding hydrogens is 320 g/mol. The van der Waals surface area contributed by atoms with E-state index in [0.29, 0.717) is 10.8 Å². The highest BCUT2D eigenvalue weighted by atomic mass is 35.5. The van der Waals surface area contributed by atoms with E-state index in [1.807, 2.05) is 35.7 Å². The second-order valence-electron chi connectivity index (χ2n) is 4.65. The Labute approximate surface area is 136 Å². The predicted molar refractivity (Wildman–Crippen MR) is 88.4 cm³/mol. The molecule has 1 N–H and O–H groups in total. The number of hydrogen-bond acceptors (Lipinski definition) is 4. The minimum Gasteiger partial charge on any atom is -0.310 e. The van der Waals surface area contributed by atoms with E-state index in [1.54, 1.807) is 18.3 Å². The molecule has 3 aromatic rings. The van der Waals surface area contributed by atoms with E-state index >= 15 is 0 Å². The van der Waals surface area contributed by atoms with Crippen LogP contribution >= 0.6 is 23.4 Å². The molecule has 0 saturated heterocycles. The van der Waals surface area contributed by atoms with Crippen molar-refractivity contribution in [2.75, 3.05) is 5.32 Å². The number of aromatic nitrogens is 3. The van der Waals surface area contributed by atoms with Gasteiger partial charge in [-0.15, -0.1) is 0 Å². The van der Waals surface area contributed by atoms with Crippen LogP contribution in [0.25, 0.3) is 5.52 Å². The fraction of sp³-hybridized carbons (Fsp3) is 0.133. The number of carbonyl (C=O) groups is 1. The van der Waals surface area contributed by atoms with E-state index in [2.05, 4.69) is 15.3 Å². The lowest BCUT2D eigenvalue weighted by atomic mass is 10.4. The number of thioether (sulfide) groups is 1. The zero-order valence-corrected chi connectivity index (χ0v) is 13.3. The maximum Gasteiger partial charge on any atom is 0.238 e. The highest BCUT2D eigenvalue weighted by Gasteiger charge is 2.17. The number of halogens is 1. The van der Waals surface area contributed by atoms with Crippen LogP contribution in [0.3, 0.4) is 0 Å². The van der Waals surface area contributed by atoms with Crippen molar-refractivity contribution >= 4 is 40.6 Å². The summed E-state index contributed by atoms with van der Waals surface area (Å²) in [5.41, 5.74) is 0.997. The molecule has 0 aliphatic carbocycles. The number of nitrogens with zero attached hydrogens (tertiary/aromatic N) is 3. The Morgan fingerprint density at radius 2 is 2.14 bits per heavy atom. The van der Waals surface area contributed by atoms with Gasteiger partial charge in [0.25, 0.3) is 0 Å². The highest BCUT2D eigenvalue weighted by Crippen LogP contribution is 2.24. The fourth-order valence-corrected chi connectivity index (χ4v) is 2.88. The van der Waals surface area contributed by atoms with Gasteiger partial charge in [0.05, 0.1) is 22.0 Å². The van der Waals surface area contributed by atoms with Gasteiger partial charge < -0.3 is 5.32 Å². The molecule has 3 heterocycles. The van der Waals surface area contributed by atoms with Crippen LogP contribution in [0.5, 0.6) is 0 Å². The van der Waals surface area contributed by atoms with Gasteiger partial charge in [0, 0.05) is 12.4 Å². The second-order valence-corrected chi connectivity index (χ2v) is 6.39. The number of rotatable bonds is 4. The monoisotopic (exact) mass is 332 g/mol. The zero-order chi connectivity index (χ0) is 15.5. The number of fused-ring (bicyclic) bond motifs is 1. The largest absolute Gasteiger partial charge is 0.310 e. The smallest absolute Gasteiger partial charge is 0.238 e. The topological polar surface area (TPSA) is 59.3 Å². The first-order valence-electron chi connectivity index (χ1n) is 6.64. The summed E-state index contributed by atoms with van der Waals surface area (Å²) < 4.78 is 1.95. The van der Waals surface area contributed by atoms with Crippen LogP contribution in [0.4, 0.5) is 5.82 Å². The molecule has 3 aromatic heterocycles. The third kappa shape index (κ3) is 3.23. The van der Waals surface area contributed by atoms with Gasteiger partial charge in [-0.1, -0.05) is 29.4 Å². The number of nitrogens with one attached hydrogen (secondary N) is 1. The van der Waals surface area contributed by atoms with E-state index in [4.69, 9.17) is 11.6 Å². The average Bonchev–Trinajstić information content (AvgIpc) is 2.93. The lowest BCUT2D eigenvalue weighted by Crippen LogP contribution is -2.23. The van der Waals surface area contributed by atoms with Crippen molar-refractivity contribution < 1.29 is 4.79 Å². The summed E-state index contributed by atoms with van der Waals surface area (Å²) in [6.07, 6.45) is 5.21. The van der Waals surface area contributed by atoms with E-state index < -0.39 is 0 Å². The Bertz CT molecular complexity index is 803. The lowest BCUT2D eigenvalue weighted by molar-refractivity contribution is -0.115. The standard InChI is InChI=1S/C15H13ClN4OS/c1-10(14(21)19-13-6-5-11(16)8-17-13)22-15-18-9-12-4-2-3-7-20(12)15/h2-10H,1H3,(H,17,19,21). The third-order valence-electron chi connectivity index (χ3n) is 3.03. The van der Waals surface area contributed by atoms with E-state index in [9.17, 15) is 4.79 Å². The molecule has 0 aliphatic heterocycles. The van der Waals surface area contributed by atoms with Crippen LogP contribution in [-0.4, -0.2) is 25.5 Å². The lowest BCUT2D eigenvalue weighted by Gasteiger charge is -2.10. The highest BCUT2D eigenvalue weighted by molar-refractivity contribution is 8.00. The SMILES string of the molecule is CC(Sc1ncc2ccccn12)C(=O)Nc1ccc(Cl)cn1. The molecule has 0 saturated carbocycles. The van der Waals surface area contributed by atoms with Crippen LogP contribution in [0.2, 0.25) is 5.02 Å². The quantitative estimate of drug-likeness (QED) is 0.743. The van der Waals surface area contributed by atoms with Crippen molar-refractivity contribution in [2.45, 2.75) is 17.3 Å². The summed E-state index contributed by atoms with van der Waals surface area (Å²) in [6.45, 7) is 1.83. The molecule has 0 aromatic carbocycles. The molecule has 0 radical (unpaired) electrons. The molecule has 3 rings (SSSR count). The Balaban J connectivity index is 1.69. The van der Waals surface area contributed by atoms with Gasteiger partial charge in [-0.25, -0.2) is 9.97 Å². The third-order valence-corrected chi connectivity index (χ3v) is 4.34. The van der Waals surface area contributed by atoms with E-state index in [1.165, 1.54) is 18.0 Å². The van der Waals surface area contributed by atoms with Gasteiger partial charge >= 0.3 is 0 Å². The Hall–Kier alpha value is -2.05. The summed E-state index contributed by atoms with van der Waals surface area (Å²) in [5, 5.41) is 3.77. The molecule has 1 amide bonds. The Kier molecular flexibility index (Phi) is 4.31. The second kappa shape index (κ2) is 6.37.